The summed E-state index contributed by atoms with van der Waals surface area (Å²) in [6.45, 7) is 5.21. The highest BCUT2D eigenvalue weighted by molar-refractivity contribution is 5.36. The third-order valence-corrected chi connectivity index (χ3v) is 3.62. The van der Waals surface area contributed by atoms with Crippen molar-refractivity contribution in [3.05, 3.63) is 53.6 Å². The molecule has 3 nitrogen and oxygen atoms in total. The molecule has 2 heterocycles. The molecule has 0 fully saturated rings. The molecule has 0 aliphatic carbocycles. The Morgan fingerprint density at radius 3 is 3.17 bits per heavy atom. The van der Waals surface area contributed by atoms with Crippen LogP contribution in [-0.2, 0) is 13.1 Å². The number of nitrogens with zero attached hydrogens (tertiary/aromatic N) is 2. The van der Waals surface area contributed by atoms with Crippen molar-refractivity contribution in [2.45, 2.75) is 32.4 Å². The van der Waals surface area contributed by atoms with E-state index in [1.54, 1.807) is 0 Å². The lowest BCUT2D eigenvalue weighted by molar-refractivity contribution is 0.537. The molecular weight excluding hydrogens is 222 g/mol. The second-order valence-corrected chi connectivity index (χ2v) is 4.86. The second kappa shape index (κ2) is 4.94. The topological polar surface area (TPSA) is 29.9 Å². The minimum absolute atomic E-state index is 0.386. The first-order chi connectivity index (χ1) is 8.90. The molecule has 94 valence electrons. The van der Waals surface area contributed by atoms with Crippen molar-refractivity contribution in [1.29, 1.82) is 0 Å². The number of hydrogen-bond donors (Lipinski definition) is 1. The highest BCUT2D eigenvalue weighted by atomic mass is 15.1. The lowest BCUT2D eigenvalue weighted by atomic mass is 9.90. The summed E-state index contributed by atoms with van der Waals surface area (Å²) in [7, 11) is 0. The standard InChI is InChI=1S/C15H19N3/c1-2-8-18-9-7-17-15(18)14-11-16-10-12-5-3-4-6-13(12)14/h3-7,9,14,16H,2,8,10-11H2,1H3. The molecule has 0 amide bonds. The molecule has 1 aliphatic heterocycles. The Morgan fingerprint density at radius 2 is 2.28 bits per heavy atom. The number of rotatable bonds is 3. The van der Waals surface area contributed by atoms with Crippen LogP contribution in [0, 0.1) is 0 Å². The first-order valence-electron chi connectivity index (χ1n) is 6.69. The molecule has 0 spiro atoms. The van der Waals surface area contributed by atoms with E-state index in [-0.39, 0.29) is 0 Å². The van der Waals surface area contributed by atoms with Crippen molar-refractivity contribution in [2.24, 2.45) is 0 Å². The first kappa shape index (κ1) is 11.5. The van der Waals surface area contributed by atoms with Crippen LogP contribution in [0.15, 0.2) is 36.7 Å². The Kier molecular flexibility index (Phi) is 3.15. The van der Waals surface area contributed by atoms with Gasteiger partial charge in [0.05, 0.1) is 5.92 Å². The van der Waals surface area contributed by atoms with E-state index in [1.807, 2.05) is 6.20 Å². The van der Waals surface area contributed by atoms with Crippen molar-refractivity contribution in [3.8, 4) is 0 Å². The summed E-state index contributed by atoms with van der Waals surface area (Å²) < 4.78 is 2.29. The number of benzene rings is 1. The van der Waals surface area contributed by atoms with Gasteiger partial charge in [-0.2, -0.15) is 0 Å². The SMILES string of the molecule is CCCn1ccnc1C1CNCc2ccccc21. The molecule has 1 aliphatic rings. The van der Waals surface area contributed by atoms with Gasteiger partial charge in [0, 0.05) is 32.0 Å². The molecular formula is C15H19N3. The molecule has 0 saturated heterocycles. The van der Waals surface area contributed by atoms with Crippen LogP contribution in [0.3, 0.4) is 0 Å². The summed E-state index contributed by atoms with van der Waals surface area (Å²) in [4.78, 5) is 4.58. The zero-order valence-electron chi connectivity index (χ0n) is 10.8. The van der Waals surface area contributed by atoms with Crippen molar-refractivity contribution < 1.29 is 0 Å². The van der Waals surface area contributed by atoms with E-state index >= 15 is 0 Å². The van der Waals surface area contributed by atoms with Crippen LogP contribution >= 0.6 is 0 Å². The van der Waals surface area contributed by atoms with Crippen LogP contribution < -0.4 is 5.32 Å². The van der Waals surface area contributed by atoms with Crippen LogP contribution in [0.4, 0.5) is 0 Å². The van der Waals surface area contributed by atoms with Gasteiger partial charge in [0.1, 0.15) is 5.82 Å². The molecule has 0 bridgehead atoms. The fourth-order valence-corrected chi connectivity index (χ4v) is 2.79. The third kappa shape index (κ3) is 1.95. The molecule has 0 saturated carbocycles. The van der Waals surface area contributed by atoms with Crippen LogP contribution in [0.1, 0.15) is 36.2 Å². The number of imidazole rings is 1. The van der Waals surface area contributed by atoms with Gasteiger partial charge in [0.15, 0.2) is 0 Å². The number of nitrogens with one attached hydrogen (secondary N) is 1. The summed E-state index contributed by atoms with van der Waals surface area (Å²) in [6, 6.07) is 8.69. The predicted octanol–water partition coefficient (Wildman–Crippen LogP) is 2.53. The minimum atomic E-state index is 0.386. The summed E-state index contributed by atoms with van der Waals surface area (Å²) in [5, 5.41) is 3.50. The van der Waals surface area contributed by atoms with Crippen LogP contribution in [0.5, 0.6) is 0 Å². The van der Waals surface area contributed by atoms with Gasteiger partial charge in [-0.3, -0.25) is 0 Å². The van der Waals surface area contributed by atoms with E-state index in [0.29, 0.717) is 5.92 Å². The third-order valence-electron chi connectivity index (χ3n) is 3.62. The first-order valence-corrected chi connectivity index (χ1v) is 6.69. The molecule has 1 unspecified atom stereocenters. The molecule has 3 rings (SSSR count). The fourth-order valence-electron chi connectivity index (χ4n) is 2.79. The highest BCUT2D eigenvalue weighted by Crippen LogP contribution is 2.29. The van der Waals surface area contributed by atoms with E-state index in [4.69, 9.17) is 0 Å². The molecule has 0 radical (unpaired) electrons. The Bertz CT molecular complexity index is 530. The number of aryl methyl sites for hydroxylation is 1. The average Bonchev–Trinajstić information content (AvgIpc) is 2.87. The Balaban J connectivity index is 2.00. The van der Waals surface area contributed by atoms with E-state index in [9.17, 15) is 0 Å². The molecule has 1 aromatic heterocycles. The van der Waals surface area contributed by atoms with Crippen molar-refractivity contribution >= 4 is 0 Å². The molecule has 1 atom stereocenters. The Hall–Kier alpha value is -1.61. The largest absolute Gasteiger partial charge is 0.334 e. The normalized spacial score (nSPS) is 18.6. The van der Waals surface area contributed by atoms with E-state index in [0.717, 1.165) is 26.1 Å². The van der Waals surface area contributed by atoms with Crippen molar-refractivity contribution in [3.63, 3.8) is 0 Å². The Morgan fingerprint density at radius 1 is 1.39 bits per heavy atom. The molecule has 2 aromatic rings. The summed E-state index contributed by atoms with van der Waals surface area (Å²) in [5.41, 5.74) is 2.83. The zero-order valence-corrected chi connectivity index (χ0v) is 10.8. The van der Waals surface area contributed by atoms with E-state index in [2.05, 4.69) is 52.3 Å². The summed E-state index contributed by atoms with van der Waals surface area (Å²) >= 11 is 0. The summed E-state index contributed by atoms with van der Waals surface area (Å²) in [5.74, 6) is 1.58. The lowest BCUT2D eigenvalue weighted by Gasteiger charge is -2.26. The van der Waals surface area contributed by atoms with Crippen molar-refractivity contribution in [1.82, 2.24) is 14.9 Å². The van der Waals surface area contributed by atoms with Crippen LogP contribution in [0.25, 0.3) is 0 Å². The average molecular weight is 241 g/mol. The van der Waals surface area contributed by atoms with Crippen LogP contribution in [0.2, 0.25) is 0 Å². The number of fused-ring (bicyclic) bond motifs is 1. The van der Waals surface area contributed by atoms with Gasteiger partial charge in [-0.25, -0.2) is 4.98 Å². The van der Waals surface area contributed by atoms with Crippen LogP contribution in [-0.4, -0.2) is 16.1 Å². The second-order valence-electron chi connectivity index (χ2n) is 4.86. The van der Waals surface area contributed by atoms with Gasteiger partial charge in [-0.1, -0.05) is 31.2 Å². The van der Waals surface area contributed by atoms with E-state index in [1.165, 1.54) is 17.0 Å². The number of hydrogen-bond acceptors (Lipinski definition) is 2. The molecule has 3 heteroatoms. The molecule has 1 N–H and O–H groups in total. The summed E-state index contributed by atoms with van der Waals surface area (Å²) in [6.07, 6.45) is 5.16. The Labute approximate surface area is 108 Å². The van der Waals surface area contributed by atoms with Crippen molar-refractivity contribution in [2.75, 3.05) is 6.54 Å². The zero-order chi connectivity index (χ0) is 12.4. The molecule has 1 aromatic carbocycles. The highest BCUT2D eigenvalue weighted by Gasteiger charge is 2.24. The maximum Gasteiger partial charge on any atom is 0.117 e. The maximum absolute atomic E-state index is 4.58. The van der Waals surface area contributed by atoms with Gasteiger partial charge < -0.3 is 9.88 Å². The maximum atomic E-state index is 4.58. The van der Waals surface area contributed by atoms with E-state index < -0.39 is 0 Å². The molecule has 18 heavy (non-hydrogen) atoms. The number of aromatic nitrogens is 2. The minimum Gasteiger partial charge on any atom is -0.334 e. The lowest BCUT2D eigenvalue weighted by Crippen LogP contribution is -2.30. The monoisotopic (exact) mass is 241 g/mol. The predicted molar refractivity (Wildman–Crippen MR) is 72.5 cm³/mol. The van der Waals surface area contributed by atoms with Gasteiger partial charge in [0.2, 0.25) is 0 Å². The quantitative estimate of drug-likeness (QED) is 0.895. The van der Waals surface area contributed by atoms with Gasteiger partial charge in [0.25, 0.3) is 0 Å². The fraction of sp³-hybridized carbons (Fsp3) is 0.400. The van der Waals surface area contributed by atoms with Gasteiger partial charge >= 0.3 is 0 Å². The van der Waals surface area contributed by atoms with Gasteiger partial charge in [-0.05, 0) is 17.5 Å². The van der Waals surface area contributed by atoms with Gasteiger partial charge in [-0.15, -0.1) is 0 Å². The smallest absolute Gasteiger partial charge is 0.117 e.